The lowest BCUT2D eigenvalue weighted by Crippen LogP contribution is -2.33. The van der Waals surface area contributed by atoms with E-state index in [1.54, 1.807) is 0 Å². The van der Waals surface area contributed by atoms with Gasteiger partial charge in [-0.25, -0.2) is 0 Å². The number of amides is 1. The summed E-state index contributed by atoms with van der Waals surface area (Å²) in [6.45, 7) is 0.702. The van der Waals surface area contributed by atoms with Crippen LogP contribution in [0.1, 0.15) is 27.4 Å². The van der Waals surface area contributed by atoms with Gasteiger partial charge < -0.3 is 10.6 Å². The summed E-state index contributed by atoms with van der Waals surface area (Å²) in [5.41, 5.74) is 4.33. The largest absolute Gasteiger partial charge is 0.387 e. The van der Waals surface area contributed by atoms with Gasteiger partial charge >= 0.3 is 0 Å². The number of rotatable bonds is 4. The highest BCUT2D eigenvalue weighted by Crippen LogP contribution is 2.34. The molecule has 3 rings (SSSR count). The van der Waals surface area contributed by atoms with Gasteiger partial charge in [-0.05, 0) is 29.7 Å². The van der Waals surface area contributed by atoms with Crippen molar-refractivity contribution in [2.75, 3.05) is 18.9 Å². The summed E-state index contributed by atoms with van der Waals surface area (Å²) in [6, 6.07) is 16.0. The second-order valence-electron chi connectivity index (χ2n) is 5.11. The van der Waals surface area contributed by atoms with Crippen LogP contribution >= 0.6 is 0 Å². The smallest absolute Gasteiger partial charge is 0.253 e. The van der Waals surface area contributed by atoms with Gasteiger partial charge in [0.05, 0.1) is 5.56 Å². The number of fused-ring (bicyclic) bond motifs is 1. The molecule has 0 saturated carbocycles. The maximum atomic E-state index is 12.2. The van der Waals surface area contributed by atoms with Crippen molar-refractivity contribution >= 4 is 11.6 Å². The highest BCUT2D eigenvalue weighted by atomic mass is 16.1. The minimum Gasteiger partial charge on any atom is -0.387 e. The molecule has 0 fully saturated rings. The zero-order valence-corrected chi connectivity index (χ0v) is 11.5. The van der Waals surface area contributed by atoms with E-state index in [-0.39, 0.29) is 5.91 Å². The predicted molar refractivity (Wildman–Crippen MR) is 81.2 cm³/mol. The number of benzene rings is 2. The minimum absolute atomic E-state index is 0.0145. The molecule has 0 saturated heterocycles. The van der Waals surface area contributed by atoms with Crippen LogP contribution in [0.5, 0.6) is 0 Å². The van der Waals surface area contributed by atoms with Gasteiger partial charge in [0.2, 0.25) is 0 Å². The Hall–Kier alpha value is -2.29. The van der Waals surface area contributed by atoms with E-state index in [9.17, 15) is 4.79 Å². The fraction of sp³-hybridized carbons (Fsp3) is 0.235. The van der Waals surface area contributed by atoms with E-state index in [1.165, 1.54) is 11.1 Å². The monoisotopic (exact) mass is 266 g/mol. The highest BCUT2D eigenvalue weighted by Gasteiger charge is 2.25. The molecule has 0 aliphatic heterocycles. The summed E-state index contributed by atoms with van der Waals surface area (Å²) >= 11 is 0. The third-order valence-electron chi connectivity index (χ3n) is 3.91. The molecule has 0 heterocycles. The maximum Gasteiger partial charge on any atom is 0.253 e. The number of carbonyl (C=O) groups excluding carboxylic acids is 1. The van der Waals surface area contributed by atoms with E-state index in [1.807, 2.05) is 31.3 Å². The Balaban J connectivity index is 1.64. The molecule has 2 N–H and O–H groups in total. The van der Waals surface area contributed by atoms with Crippen LogP contribution in [0.3, 0.4) is 0 Å². The molecule has 2 aromatic carbocycles. The fourth-order valence-electron chi connectivity index (χ4n) is 2.76. The van der Waals surface area contributed by atoms with Gasteiger partial charge in [-0.15, -0.1) is 0 Å². The van der Waals surface area contributed by atoms with Crippen LogP contribution in [0.25, 0.3) is 0 Å². The molecule has 20 heavy (non-hydrogen) atoms. The molecule has 2 aromatic rings. The maximum absolute atomic E-state index is 12.2. The van der Waals surface area contributed by atoms with Crippen molar-refractivity contribution in [3.63, 3.8) is 0 Å². The normalized spacial score (nSPS) is 15.9. The molecule has 1 unspecified atom stereocenters. The Bertz CT molecular complexity index is 636. The van der Waals surface area contributed by atoms with Crippen molar-refractivity contribution in [3.8, 4) is 0 Å². The molecule has 0 radical (unpaired) electrons. The number of nitrogens with one attached hydrogen (secondary N) is 2. The van der Waals surface area contributed by atoms with Gasteiger partial charge in [0, 0.05) is 25.2 Å². The van der Waals surface area contributed by atoms with Crippen molar-refractivity contribution in [1.82, 2.24) is 5.32 Å². The summed E-state index contributed by atoms with van der Waals surface area (Å²) in [5, 5.41) is 6.08. The van der Waals surface area contributed by atoms with Gasteiger partial charge in [-0.3, -0.25) is 4.79 Å². The lowest BCUT2D eigenvalue weighted by atomic mass is 9.77. The van der Waals surface area contributed by atoms with E-state index in [0.717, 1.165) is 12.1 Å². The number of hydrogen-bond acceptors (Lipinski definition) is 2. The Kier molecular flexibility index (Phi) is 3.42. The average Bonchev–Trinajstić information content (AvgIpc) is 2.48. The second kappa shape index (κ2) is 5.37. The molecule has 102 valence electrons. The van der Waals surface area contributed by atoms with Gasteiger partial charge in [0.1, 0.15) is 0 Å². The van der Waals surface area contributed by atoms with Crippen molar-refractivity contribution < 1.29 is 4.79 Å². The van der Waals surface area contributed by atoms with Crippen LogP contribution in [0.4, 0.5) is 5.69 Å². The number of anilines is 1. The van der Waals surface area contributed by atoms with Crippen molar-refractivity contribution in [2.45, 2.75) is 12.3 Å². The molecule has 3 nitrogen and oxygen atoms in total. The van der Waals surface area contributed by atoms with Gasteiger partial charge in [-0.1, -0.05) is 36.4 Å². The Morgan fingerprint density at radius 1 is 1.15 bits per heavy atom. The first-order valence-electron chi connectivity index (χ1n) is 6.92. The first-order chi connectivity index (χ1) is 9.79. The predicted octanol–water partition coefficient (Wildman–Crippen LogP) is 2.80. The van der Waals surface area contributed by atoms with E-state index >= 15 is 0 Å². The molecule has 1 aliphatic rings. The molecular weight excluding hydrogens is 248 g/mol. The van der Waals surface area contributed by atoms with E-state index in [4.69, 9.17) is 0 Å². The first kappa shape index (κ1) is 12.7. The van der Waals surface area contributed by atoms with E-state index in [2.05, 4.69) is 34.9 Å². The molecule has 1 amide bonds. The Morgan fingerprint density at radius 3 is 2.70 bits per heavy atom. The third-order valence-corrected chi connectivity index (χ3v) is 3.91. The van der Waals surface area contributed by atoms with Crippen LogP contribution in [-0.4, -0.2) is 19.5 Å². The van der Waals surface area contributed by atoms with Crippen molar-refractivity contribution in [2.24, 2.45) is 0 Å². The molecule has 1 atom stereocenters. The molecular formula is C17H18N2O. The number of para-hydroxylation sites is 1. The molecule has 3 heteroatoms. The summed E-state index contributed by atoms with van der Waals surface area (Å²) in [7, 11) is 1.83. The van der Waals surface area contributed by atoms with Crippen LogP contribution in [0.15, 0.2) is 48.5 Å². The first-order valence-corrected chi connectivity index (χ1v) is 6.92. The van der Waals surface area contributed by atoms with Crippen molar-refractivity contribution in [1.29, 1.82) is 0 Å². The molecule has 0 aromatic heterocycles. The number of hydrogen-bond donors (Lipinski definition) is 2. The molecule has 0 bridgehead atoms. The lowest BCUT2D eigenvalue weighted by molar-refractivity contribution is 0.0951. The summed E-state index contributed by atoms with van der Waals surface area (Å²) in [5.74, 6) is 0.441. The highest BCUT2D eigenvalue weighted by molar-refractivity contribution is 5.99. The van der Waals surface area contributed by atoms with Crippen LogP contribution in [-0.2, 0) is 6.42 Å². The fourth-order valence-corrected chi connectivity index (χ4v) is 2.76. The molecule has 1 aliphatic carbocycles. The van der Waals surface area contributed by atoms with Crippen molar-refractivity contribution in [3.05, 3.63) is 65.2 Å². The Morgan fingerprint density at radius 2 is 1.90 bits per heavy atom. The van der Waals surface area contributed by atoms with Crippen LogP contribution in [0, 0.1) is 0 Å². The zero-order chi connectivity index (χ0) is 13.9. The lowest BCUT2D eigenvalue weighted by Gasteiger charge is -2.30. The second-order valence-corrected chi connectivity index (χ2v) is 5.11. The molecule has 0 spiro atoms. The standard InChI is InChI=1S/C17H18N2O/c1-18-16-9-5-4-8-15(16)17(20)19-11-13-10-12-6-2-3-7-14(12)13/h2-9,13,18H,10-11H2,1H3,(H,19,20). The zero-order valence-electron chi connectivity index (χ0n) is 11.5. The summed E-state index contributed by atoms with van der Waals surface area (Å²) < 4.78 is 0. The summed E-state index contributed by atoms with van der Waals surface area (Å²) in [4.78, 5) is 12.2. The average molecular weight is 266 g/mol. The van der Waals surface area contributed by atoms with Gasteiger partial charge in [0.25, 0.3) is 5.91 Å². The van der Waals surface area contributed by atoms with Gasteiger partial charge in [-0.2, -0.15) is 0 Å². The Labute approximate surface area is 119 Å². The van der Waals surface area contributed by atoms with Crippen LogP contribution in [0.2, 0.25) is 0 Å². The van der Waals surface area contributed by atoms with E-state index < -0.39 is 0 Å². The SMILES string of the molecule is CNc1ccccc1C(=O)NCC1Cc2ccccc21. The van der Waals surface area contributed by atoms with Crippen LogP contribution < -0.4 is 10.6 Å². The van der Waals surface area contributed by atoms with E-state index in [0.29, 0.717) is 18.0 Å². The quantitative estimate of drug-likeness (QED) is 0.893. The number of carbonyl (C=O) groups is 1. The van der Waals surface area contributed by atoms with Gasteiger partial charge in [0.15, 0.2) is 0 Å². The topological polar surface area (TPSA) is 41.1 Å². The summed E-state index contributed by atoms with van der Waals surface area (Å²) in [6.07, 6.45) is 1.06. The third kappa shape index (κ3) is 2.27. The minimum atomic E-state index is -0.0145.